The Balaban J connectivity index is 1.96. The number of rotatable bonds is 2. The second kappa shape index (κ2) is 5.65. The smallest absolute Gasteiger partial charge is 0.0349 e. The highest BCUT2D eigenvalue weighted by molar-refractivity contribution is 4.90. The van der Waals surface area contributed by atoms with E-state index in [1.165, 1.54) is 32.5 Å². The Morgan fingerprint density at radius 2 is 1.94 bits per heavy atom. The molecule has 4 heteroatoms. The van der Waals surface area contributed by atoms with Crippen LogP contribution in [0.3, 0.4) is 0 Å². The van der Waals surface area contributed by atoms with Gasteiger partial charge in [0.05, 0.1) is 0 Å². The van der Waals surface area contributed by atoms with Gasteiger partial charge in [-0.1, -0.05) is 0 Å². The molecule has 0 aliphatic carbocycles. The van der Waals surface area contributed by atoms with Gasteiger partial charge in [-0.15, -0.1) is 0 Å². The summed E-state index contributed by atoms with van der Waals surface area (Å²) >= 11 is 0. The van der Waals surface area contributed by atoms with Crippen LogP contribution in [0.5, 0.6) is 0 Å². The Morgan fingerprint density at radius 1 is 1.18 bits per heavy atom. The van der Waals surface area contributed by atoms with Crippen LogP contribution in [0.25, 0.3) is 0 Å². The third-order valence-corrected chi connectivity index (χ3v) is 4.65. The molecule has 0 aromatic rings. The van der Waals surface area contributed by atoms with Gasteiger partial charge in [0.2, 0.25) is 0 Å². The van der Waals surface area contributed by atoms with E-state index in [1.54, 1.807) is 0 Å². The van der Waals surface area contributed by atoms with Crippen molar-refractivity contribution >= 4 is 0 Å². The number of nitrogens with zero attached hydrogens (tertiary/aromatic N) is 3. The molecule has 4 nitrogen and oxygen atoms in total. The molecule has 3 atom stereocenters. The number of piperazine rings is 1. The van der Waals surface area contributed by atoms with Crippen LogP contribution in [0.15, 0.2) is 0 Å². The van der Waals surface area contributed by atoms with Crippen LogP contribution in [0, 0.1) is 0 Å². The summed E-state index contributed by atoms with van der Waals surface area (Å²) in [5, 5.41) is 0. The Morgan fingerprint density at radius 3 is 2.59 bits per heavy atom. The first-order chi connectivity index (χ1) is 8.11. The first-order valence-electron chi connectivity index (χ1n) is 6.96. The lowest BCUT2D eigenvalue weighted by atomic mass is 9.95. The lowest BCUT2D eigenvalue weighted by Gasteiger charge is -2.47. The average Bonchev–Trinajstić information content (AvgIpc) is 2.32. The van der Waals surface area contributed by atoms with Gasteiger partial charge in [0.1, 0.15) is 0 Å². The van der Waals surface area contributed by atoms with Crippen LogP contribution < -0.4 is 5.73 Å². The standard InChI is InChI=1S/C13H28N4/c1-11-8-12(4-5-16(11)3)17-7-6-15(2)10-13(17)9-14/h11-13H,4-10,14H2,1-3H3. The molecule has 2 fully saturated rings. The van der Waals surface area contributed by atoms with Crippen molar-refractivity contribution in [3.05, 3.63) is 0 Å². The van der Waals surface area contributed by atoms with Gasteiger partial charge in [0.15, 0.2) is 0 Å². The van der Waals surface area contributed by atoms with Gasteiger partial charge < -0.3 is 15.5 Å². The summed E-state index contributed by atoms with van der Waals surface area (Å²) in [5.74, 6) is 0. The zero-order chi connectivity index (χ0) is 12.4. The van der Waals surface area contributed by atoms with E-state index in [9.17, 15) is 0 Å². The van der Waals surface area contributed by atoms with Crippen molar-refractivity contribution in [1.82, 2.24) is 14.7 Å². The molecule has 0 saturated carbocycles. The maximum atomic E-state index is 5.95. The van der Waals surface area contributed by atoms with Crippen molar-refractivity contribution in [2.24, 2.45) is 5.73 Å². The van der Waals surface area contributed by atoms with Crippen LogP contribution in [0.2, 0.25) is 0 Å². The fraction of sp³-hybridized carbons (Fsp3) is 1.00. The summed E-state index contributed by atoms with van der Waals surface area (Å²) in [7, 11) is 4.45. The molecule has 2 heterocycles. The molecule has 2 rings (SSSR count). The molecule has 0 radical (unpaired) electrons. The summed E-state index contributed by atoms with van der Waals surface area (Å²) in [6, 6.07) is 2.03. The van der Waals surface area contributed by atoms with Gasteiger partial charge in [-0.2, -0.15) is 0 Å². The summed E-state index contributed by atoms with van der Waals surface area (Å²) in [6.07, 6.45) is 2.61. The highest BCUT2D eigenvalue weighted by atomic mass is 15.3. The normalized spacial score (nSPS) is 38.5. The van der Waals surface area contributed by atoms with E-state index in [4.69, 9.17) is 5.73 Å². The minimum atomic E-state index is 0.564. The summed E-state index contributed by atoms with van der Waals surface area (Å²) < 4.78 is 0. The van der Waals surface area contributed by atoms with Gasteiger partial charge >= 0.3 is 0 Å². The largest absolute Gasteiger partial charge is 0.329 e. The number of hydrogen-bond donors (Lipinski definition) is 1. The SMILES string of the molecule is CC1CC(N2CCN(C)CC2CN)CCN1C. The van der Waals surface area contributed by atoms with Gasteiger partial charge in [-0.3, -0.25) is 4.90 Å². The lowest BCUT2D eigenvalue weighted by Crippen LogP contribution is -2.60. The molecular weight excluding hydrogens is 212 g/mol. The van der Waals surface area contributed by atoms with Crippen LogP contribution in [0.4, 0.5) is 0 Å². The van der Waals surface area contributed by atoms with E-state index in [0.717, 1.165) is 19.1 Å². The first kappa shape index (κ1) is 13.3. The molecule has 0 amide bonds. The zero-order valence-corrected chi connectivity index (χ0v) is 11.6. The van der Waals surface area contributed by atoms with Crippen molar-refractivity contribution in [3.63, 3.8) is 0 Å². The Bertz CT molecular complexity index is 246. The van der Waals surface area contributed by atoms with Crippen LogP contribution in [0.1, 0.15) is 19.8 Å². The van der Waals surface area contributed by atoms with E-state index < -0.39 is 0 Å². The topological polar surface area (TPSA) is 35.7 Å². The number of piperidine rings is 1. The molecule has 3 unspecified atom stereocenters. The van der Waals surface area contributed by atoms with E-state index in [2.05, 4.69) is 35.7 Å². The predicted molar refractivity (Wildman–Crippen MR) is 72.2 cm³/mol. The van der Waals surface area contributed by atoms with E-state index in [-0.39, 0.29) is 0 Å². The maximum absolute atomic E-state index is 5.95. The van der Waals surface area contributed by atoms with E-state index in [0.29, 0.717) is 12.1 Å². The molecular formula is C13H28N4. The molecule has 0 bridgehead atoms. The second-order valence-corrected chi connectivity index (χ2v) is 5.90. The number of likely N-dealkylation sites (N-methyl/N-ethyl adjacent to an activating group) is 1. The molecule has 2 N–H and O–H groups in total. The minimum absolute atomic E-state index is 0.564. The van der Waals surface area contributed by atoms with Crippen molar-refractivity contribution in [2.45, 2.75) is 37.9 Å². The van der Waals surface area contributed by atoms with E-state index in [1.807, 2.05) is 0 Å². The molecule has 0 aromatic heterocycles. The van der Waals surface area contributed by atoms with Crippen molar-refractivity contribution in [3.8, 4) is 0 Å². The van der Waals surface area contributed by atoms with Gasteiger partial charge in [0.25, 0.3) is 0 Å². The summed E-state index contributed by atoms with van der Waals surface area (Å²) in [6.45, 7) is 7.90. The fourth-order valence-electron chi connectivity index (χ4n) is 3.28. The third-order valence-electron chi connectivity index (χ3n) is 4.65. The number of hydrogen-bond acceptors (Lipinski definition) is 4. The quantitative estimate of drug-likeness (QED) is 0.739. The molecule has 0 spiro atoms. The Labute approximate surface area is 106 Å². The highest BCUT2D eigenvalue weighted by Gasteiger charge is 2.33. The lowest BCUT2D eigenvalue weighted by molar-refractivity contribution is 0.0172. The molecule has 2 saturated heterocycles. The third kappa shape index (κ3) is 2.99. The molecule has 17 heavy (non-hydrogen) atoms. The molecule has 2 aliphatic heterocycles. The van der Waals surface area contributed by atoms with Crippen molar-refractivity contribution in [1.29, 1.82) is 0 Å². The zero-order valence-electron chi connectivity index (χ0n) is 11.6. The predicted octanol–water partition coefficient (Wildman–Crippen LogP) is 0.0438. The van der Waals surface area contributed by atoms with Gasteiger partial charge in [-0.05, 0) is 40.4 Å². The minimum Gasteiger partial charge on any atom is -0.329 e. The number of likely N-dealkylation sites (tertiary alicyclic amines) is 1. The van der Waals surface area contributed by atoms with E-state index >= 15 is 0 Å². The van der Waals surface area contributed by atoms with Gasteiger partial charge in [0, 0.05) is 44.3 Å². The first-order valence-corrected chi connectivity index (χ1v) is 6.96. The molecule has 100 valence electrons. The van der Waals surface area contributed by atoms with Crippen LogP contribution in [-0.4, -0.2) is 79.6 Å². The Kier molecular flexibility index (Phi) is 4.42. The van der Waals surface area contributed by atoms with Crippen LogP contribution >= 0.6 is 0 Å². The van der Waals surface area contributed by atoms with Crippen LogP contribution in [-0.2, 0) is 0 Å². The van der Waals surface area contributed by atoms with Crippen molar-refractivity contribution < 1.29 is 0 Å². The number of nitrogens with two attached hydrogens (primary N) is 1. The van der Waals surface area contributed by atoms with Crippen molar-refractivity contribution in [2.75, 3.05) is 46.8 Å². The molecule has 2 aliphatic rings. The van der Waals surface area contributed by atoms with Gasteiger partial charge in [-0.25, -0.2) is 0 Å². The summed E-state index contributed by atoms with van der Waals surface area (Å²) in [4.78, 5) is 7.57. The fourth-order valence-corrected chi connectivity index (χ4v) is 3.28. The molecule has 0 aromatic carbocycles. The second-order valence-electron chi connectivity index (χ2n) is 5.90. The Hall–Kier alpha value is -0.160. The highest BCUT2D eigenvalue weighted by Crippen LogP contribution is 2.23. The monoisotopic (exact) mass is 240 g/mol. The average molecular weight is 240 g/mol. The summed E-state index contributed by atoms with van der Waals surface area (Å²) in [5.41, 5.74) is 5.95. The maximum Gasteiger partial charge on any atom is 0.0349 e.